The molecule has 0 saturated heterocycles. The van der Waals surface area contributed by atoms with Gasteiger partial charge in [-0.15, -0.1) is 0 Å². The molecule has 0 bridgehead atoms. The van der Waals surface area contributed by atoms with E-state index in [0.29, 0.717) is 11.4 Å². The van der Waals surface area contributed by atoms with Crippen LogP contribution in [0.3, 0.4) is 0 Å². The molecule has 6 aromatic carbocycles. The van der Waals surface area contributed by atoms with Gasteiger partial charge in [0.2, 0.25) is 0 Å². The minimum absolute atomic E-state index is 0.679. The quantitative estimate of drug-likeness (QED) is 0.243. The summed E-state index contributed by atoms with van der Waals surface area (Å²) in [6, 6.07) is 46.2. The first-order chi connectivity index (χ1) is 19.3. The molecule has 0 aliphatic carbocycles. The zero-order chi connectivity index (χ0) is 25.8. The first-order valence-electron chi connectivity index (χ1n) is 13.1. The Morgan fingerprint density at radius 1 is 0.487 bits per heavy atom. The van der Waals surface area contributed by atoms with Crippen molar-refractivity contribution in [3.05, 3.63) is 133 Å². The summed E-state index contributed by atoms with van der Waals surface area (Å²) < 4.78 is 6.55. The predicted octanol–water partition coefficient (Wildman–Crippen LogP) is 9.68. The minimum Gasteiger partial charge on any atom is -0.452 e. The predicted molar refractivity (Wildman–Crippen MR) is 161 cm³/mol. The topological polar surface area (TPSA) is 38.9 Å². The van der Waals surface area contributed by atoms with Crippen LogP contribution in [-0.4, -0.2) is 9.97 Å². The van der Waals surface area contributed by atoms with Crippen LogP contribution in [0.25, 0.3) is 77.4 Å². The van der Waals surface area contributed by atoms with Crippen LogP contribution >= 0.6 is 0 Å². The maximum Gasteiger partial charge on any atom is 0.180 e. The molecule has 2 heterocycles. The van der Waals surface area contributed by atoms with Crippen LogP contribution in [0.15, 0.2) is 138 Å². The van der Waals surface area contributed by atoms with Crippen LogP contribution in [0.5, 0.6) is 0 Å². The van der Waals surface area contributed by atoms with Gasteiger partial charge < -0.3 is 4.42 Å². The van der Waals surface area contributed by atoms with E-state index in [0.717, 1.165) is 66.0 Å². The van der Waals surface area contributed by atoms with Gasteiger partial charge in [0.15, 0.2) is 11.4 Å². The number of hydrogen-bond donors (Lipinski definition) is 0. The van der Waals surface area contributed by atoms with Gasteiger partial charge in [0.05, 0.1) is 5.39 Å². The van der Waals surface area contributed by atoms with E-state index in [9.17, 15) is 0 Å². The van der Waals surface area contributed by atoms with E-state index in [4.69, 9.17) is 14.4 Å². The molecule has 0 aliphatic rings. The van der Waals surface area contributed by atoms with Crippen molar-refractivity contribution in [1.82, 2.24) is 9.97 Å². The smallest absolute Gasteiger partial charge is 0.180 e. The van der Waals surface area contributed by atoms with Crippen molar-refractivity contribution in [3.8, 4) is 33.8 Å². The van der Waals surface area contributed by atoms with Gasteiger partial charge in [0.25, 0.3) is 0 Å². The average molecular weight is 499 g/mol. The van der Waals surface area contributed by atoms with Gasteiger partial charge in [0, 0.05) is 11.1 Å². The summed E-state index contributed by atoms with van der Waals surface area (Å²) in [5.41, 5.74) is 7.45. The number of hydrogen-bond acceptors (Lipinski definition) is 3. The van der Waals surface area contributed by atoms with Crippen LogP contribution in [-0.2, 0) is 0 Å². The van der Waals surface area contributed by atoms with E-state index in [1.165, 1.54) is 0 Å². The van der Waals surface area contributed by atoms with E-state index in [-0.39, 0.29) is 0 Å². The Morgan fingerprint density at radius 3 is 2.03 bits per heavy atom. The Kier molecular flexibility index (Phi) is 4.82. The van der Waals surface area contributed by atoms with E-state index in [1.807, 2.05) is 12.1 Å². The third kappa shape index (κ3) is 3.52. The highest BCUT2D eigenvalue weighted by atomic mass is 16.3. The molecule has 0 spiro atoms. The van der Waals surface area contributed by atoms with Gasteiger partial charge in [0.1, 0.15) is 16.8 Å². The van der Waals surface area contributed by atoms with Crippen molar-refractivity contribution in [1.29, 1.82) is 0 Å². The Morgan fingerprint density at radius 2 is 1.15 bits per heavy atom. The lowest BCUT2D eigenvalue weighted by molar-refractivity contribution is 0.667. The van der Waals surface area contributed by atoms with Crippen LogP contribution in [0.4, 0.5) is 0 Å². The van der Waals surface area contributed by atoms with Crippen molar-refractivity contribution in [3.63, 3.8) is 0 Å². The van der Waals surface area contributed by atoms with Crippen molar-refractivity contribution in [2.24, 2.45) is 0 Å². The second-order valence-electron chi connectivity index (χ2n) is 9.81. The second-order valence-corrected chi connectivity index (χ2v) is 9.81. The zero-order valence-corrected chi connectivity index (χ0v) is 21.0. The van der Waals surface area contributed by atoms with E-state index < -0.39 is 0 Å². The summed E-state index contributed by atoms with van der Waals surface area (Å²) in [5.74, 6) is 0.679. The standard InChI is InChI=1S/C36H22N2O/c1-2-10-23(11-3-1)26-15-8-16-27(22-26)36-37-33(30-19-9-14-24-12-4-6-17-28(24)30)35-34(38-36)32-29-18-7-5-13-25(29)20-21-31(32)39-35/h1-22H. The van der Waals surface area contributed by atoms with Gasteiger partial charge in [-0.3, -0.25) is 0 Å². The third-order valence-electron chi connectivity index (χ3n) is 7.48. The van der Waals surface area contributed by atoms with Crippen molar-refractivity contribution in [2.75, 3.05) is 0 Å². The molecule has 0 saturated carbocycles. The zero-order valence-electron chi connectivity index (χ0n) is 21.0. The van der Waals surface area contributed by atoms with Gasteiger partial charge >= 0.3 is 0 Å². The van der Waals surface area contributed by atoms with Crippen molar-refractivity contribution >= 4 is 43.6 Å². The molecule has 2 aromatic heterocycles. The summed E-state index contributed by atoms with van der Waals surface area (Å²) in [7, 11) is 0. The third-order valence-corrected chi connectivity index (χ3v) is 7.48. The fraction of sp³-hybridized carbons (Fsp3) is 0. The highest BCUT2D eigenvalue weighted by molar-refractivity contribution is 6.19. The number of fused-ring (bicyclic) bond motifs is 6. The SMILES string of the molecule is c1ccc(-c2cccc(-c3nc(-c4cccc5ccccc45)c4oc5ccc6ccccc6c5c4n3)c2)cc1. The Hall–Kier alpha value is -5.28. The molecule has 182 valence electrons. The van der Waals surface area contributed by atoms with Crippen LogP contribution in [0, 0.1) is 0 Å². The van der Waals surface area contributed by atoms with E-state index in [1.54, 1.807) is 0 Å². The summed E-state index contributed by atoms with van der Waals surface area (Å²) in [5, 5.41) is 5.60. The van der Waals surface area contributed by atoms with E-state index in [2.05, 4.69) is 121 Å². The molecule has 0 aliphatic heterocycles. The molecular formula is C36H22N2O. The fourth-order valence-corrected chi connectivity index (χ4v) is 5.62. The molecule has 0 fully saturated rings. The fourth-order valence-electron chi connectivity index (χ4n) is 5.62. The summed E-state index contributed by atoms with van der Waals surface area (Å²) in [4.78, 5) is 10.4. The highest BCUT2D eigenvalue weighted by Gasteiger charge is 2.21. The van der Waals surface area contributed by atoms with Crippen LogP contribution < -0.4 is 0 Å². The lowest BCUT2D eigenvalue weighted by Gasteiger charge is -2.10. The normalized spacial score (nSPS) is 11.6. The molecule has 0 radical (unpaired) electrons. The van der Waals surface area contributed by atoms with Crippen LogP contribution in [0.2, 0.25) is 0 Å². The molecule has 0 N–H and O–H groups in total. The number of benzene rings is 6. The maximum atomic E-state index is 6.55. The van der Waals surface area contributed by atoms with Gasteiger partial charge in [-0.2, -0.15) is 0 Å². The first kappa shape index (κ1) is 21.8. The highest BCUT2D eigenvalue weighted by Crippen LogP contribution is 2.40. The molecule has 3 nitrogen and oxygen atoms in total. The summed E-state index contributed by atoms with van der Waals surface area (Å²) in [6.07, 6.45) is 0. The number of aromatic nitrogens is 2. The summed E-state index contributed by atoms with van der Waals surface area (Å²) in [6.45, 7) is 0. The molecule has 39 heavy (non-hydrogen) atoms. The monoisotopic (exact) mass is 498 g/mol. The van der Waals surface area contributed by atoms with Gasteiger partial charge in [-0.1, -0.05) is 121 Å². The molecule has 0 atom stereocenters. The molecule has 3 heteroatoms. The number of furan rings is 1. The molecular weight excluding hydrogens is 476 g/mol. The summed E-state index contributed by atoms with van der Waals surface area (Å²) >= 11 is 0. The molecule has 8 rings (SSSR count). The maximum absolute atomic E-state index is 6.55. The Balaban J connectivity index is 1.48. The lowest BCUT2D eigenvalue weighted by Crippen LogP contribution is -1.95. The van der Waals surface area contributed by atoms with Gasteiger partial charge in [-0.25, -0.2) is 9.97 Å². The van der Waals surface area contributed by atoms with Crippen molar-refractivity contribution in [2.45, 2.75) is 0 Å². The molecule has 0 amide bonds. The Labute approximate surface area is 225 Å². The van der Waals surface area contributed by atoms with Crippen molar-refractivity contribution < 1.29 is 4.42 Å². The number of rotatable bonds is 3. The number of nitrogens with zero attached hydrogens (tertiary/aromatic N) is 2. The molecule has 0 unspecified atom stereocenters. The van der Waals surface area contributed by atoms with Crippen LogP contribution in [0.1, 0.15) is 0 Å². The lowest BCUT2D eigenvalue weighted by atomic mass is 10.00. The Bertz CT molecular complexity index is 2170. The largest absolute Gasteiger partial charge is 0.452 e. The van der Waals surface area contributed by atoms with E-state index >= 15 is 0 Å². The average Bonchev–Trinajstić information content (AvgIpc) is 3.40. The van der Waals surface area contributed by atoms with Gasteiger partial charge in [-0.05, 0) is 44.8 Å². The minimum atomic E-state index is 0.679. The second kappa shape index (κ2) is 8.64. The first-order valence-corrected chi connectivity index (χ1v) is 13.1. The molecule has 8 aromatic rings.